The predicted molar refractivity (Wildman–Crippen MR) is 128 cm³/mol. The number of carbonyl (C=O) groups is 1. The van der Waals surface area contributed by atoms with Gasteiger partial charge in [0.15, 0.2) is 6.17 Å². The zero-order valence-electron chi connectivity index (χ0n) is 18.7. The van der Waals surface area contributed by atoms with Gasteiger partial charge < -0.3 is 9.42 Å². The number of halogens is 2. The van der Waals surface area contributed by atoms with Crippen molar-refractivity contribution in [1.29, 1.82) is 0 Å². The van der Waals surface area contributed by atoms with Crippen LogP contribution in [-0.4, -0.2) is 32.3 Å². The van der Waals surface area contributed by atoms with Crippen LogP contribution in [0.2, 0.25) is 10.0 Å². The van der Waals surface area contributed by atoms with Crippen molar-refractivity contribution in [3.63, 3.8) is 0 Å². The molecule has 1 atom stereocenters. The third kappa shape index (κ3) is 3.98. The average Bonchev–Trinajstić information content (AvgIpc) is 3.12. The first-order valence-corrected chi connectivity index (χ1v) is 11.2. The minimum absolute atomic E-state index is 0.174. The van der Waals surface area contributed by atoms with Gasteiger partial charge in [0, 0.05) is 22.3 Å². The SMILES string of the molecule is CC(C)CN1C(=O)N(c2cccc(Cl)c2)C(n2oc(=O)n(-c3cccc(Cl)c3)c2=O)C1(C)C. The van der Waals surface area contributed by atoms with Crippen LogP contribution < -0.4 is 16.3 Å². The van der Waals surface area contributed by atoms with E-state index in [1.54, 1.807) is 47.4 Å². The molecule has 33 heavy (non-hydrogen) atoms. The average molecular weight is 491 g/mol. The van der Waals surface area contributed by atoms with Gasteiger partial charge in [0.05, 0.1) is 11.2 Å². The van der Waals surface area contributed by atoms with E-state index in [4.69, 9.17) is 27.7 Å². The largest absolute Gasteiger partial charge is 0.447 e. The number of urea groups is 1. The minimum atomic E-state index is -0.942. The maximum atomic E-state index is 13.6. The third-order valence-electron chi connectivity index (χ3n) is 5.67. The normalized spacial score (nSPS) is 17.9. The number of carbonyl (C=O) groups excluding carboxylic acids is 1. The summed E-state index contributed by atoms with van der Waals surface area (Å²) in [4.78, 5) is 43.0. The molecule has 2 heterocycles. The van der Waals surface area contributed by atoms with E-state index in [1.807, 2.05) is 27.7 Å². The summed E-state index contributed by atoms with van der Waals surface area (Å²) in [7, 11) is 0. The summed E-state index contributed by atoms with van der Waals surface area (Å²) in [6.45, 7) is 8.13. The molecule has 0 aliphatic carbocycles. The van der Waals surface area contributed by atoms with Crippen molar-refractivity contribution in [1.82, 2.24) is 14.2 Å². The quantitative estimate of drug-likeness (QED) is 0.515. The highest BCUT2D eigenvalue weighted by Gasteiger charge is 2.55. The molecule has 4 rings (SSSR count). The first kappa shape index (κ1) is 23.2. The molecule has 174 valence electrons. The van der Waals surface area contributed by atoms with Crippen molar-refractivity contribution in [3.05, 3.63) is 79.6 Å². The van der Waals surface area contributed by atoms with E-state index < -0.39 is 23.2 Å². The Labute approximate surface area is 200 Å². The summed E-state index contributed by atoms with van der Waals surface area (Å²) in [5.74, 6) is -0.702. The minimum Gasteiger partial charge on any atom is -0.315 e. The molecule has 0 saturated carbocycles. The lowest BCUT2D eigenvalue weighted by molar-refractivity contribution is 0.0905. The fraction of sp³-hybridized carbons (Fsp3) is 0.348. The van der Waals surface area contributed by atoms with Gasteiger partial charge in [0.1, 0.15) is 0 Å². The van der Waals surface area contributed by atoms with Crippen LogP contribution in [0.5, 0.6) is 0 Å². The Balaban J connectivity index is 1.93. The lowest BCUT2D eigenvalue weighted by Crippen LogP contribution is -2.48. The fourth-order valence-corrected chi connectivity index (χ4v) is 4.58. The van der Waals surface area contributed by atoms with Crippen molar-refractivity contribution >= 4 is 34.9 Å². The molecule has 8 nitrogen and oxygen atoms in total. The molecule has 0 spiro atoms. The smallest absolute Gasteiger partial charge is 0.315 e. The van der Waals surface area contributed by atoms with E-state index in [0.717, 1.165) is 9.31 Å². The van der Waals surface area contributed by atoms with E-state index in [1.165, 1.54) is 11.0 Å². The Morgan fingerprint density at radius 3 is 2.12 bits per heavy atom. The first-order chi connectivity index (χ1) is 15.5. The van der Waals surface area contributed by atoms with Crippen LogP contribution in [0.4, 0.5) is 10.5 Å². The monoisotopic (exact) mass is 490 g/mol. The van der Waals surface area contributed by atoms with Gasteiger partial charge >= 0.3 is 17.5 Å². The van der Waals surface area contributed by atoms with Gasteiger partial charge in [-0.3, -0.25) is 4.90 Å². The molecule has 1 fully saturated rings. The molecule has 1 aliphatic heterocycles. The van der Waals surface area contributed by atoms with E-state index in [9.17, 15) is 14.4 Å². The van der Waals surface area contributed by atoms with Crippen molar-refractivity contribution in [2.24, 2.45) is 5.92 Å². The summed E-state index contributed by atoms with van der Waals surface area (Å²) in [5.41, 5.74) is -0.854. The summed E-state index contributed by atoms with van der Waals surface area (Å²) in [6.07, 6.45) is -0.942. The Morgan fingerprint density at radius 2 is 1.55 bits per heavy atom. The van der Waals surface area contributed by atoms with Gasteiger partial charge in [-0.15, -0.1) is 4.74 Å². The summed E-state index contributed by atoms with van der Waals surface area (Å²) in [6, 6.07) is 12.8. The highest BCUT2D eigenvalue weighted by atomic mass is 35.5. The molecular weight excluding hydrogens is 467 g/mol. The number of hydrogen-bond donors (Lipinski definition) is 0. The number of aromatic nitrogens is 2. The first-order valence-electron chi connectivity index (χ1n) is 10.5. The Bertz CT molecular complexity index is 1320. The van der Waals surface area contributed by atoms with Crippen molar-refractivity contribution in [3.8, 4) is 5.69 Å². The highest BCUT2D eigenvalue weighted by Crippen LogP contribution is 2.43. The number of hydrogen-bond acceptors (Lipinski definition) is 4. The summed E-state index contributed by atoms with van der Waals surface area (Å²) in [5, 5.41) is 0.802. The van der Waals surface area contributed by atoms with Crippen LogP contribution in [0, 0.1) is 5.92 Å². The zero-order chi connectivity index (χ0) is 24.1. The molecule has 0 radical (unpaired) electrons. The fourth-order valence-electron chi connectivity index (χ4n) is 4.21. The molecule has 2 amide bonds. The van der Waals surface area contributed by atoms with E-state index >= 15 is 0 Å². The molecule has 0 N–H and O–H groups in total. The van der Waals surface area contributed by atoms with Crippen LogP contribution in [0.3, 0.4) is 0 Å². The number of nitrogens with zero attached hydrogens (tertiary/aromatic N) is 4. The maximum absolute atomic E-state index is 13.6. The van der Waals surface area contributed by atoms with Gasteiger partial charge in [-0.2, -0.15) is 4.57 Å². The van der Waals surface area contributed by atoms with Gasteiger partial charge in [-0.05, 0) is 56.2 Å². The maximum Gasteiger partial charge on any atom is 0.447 e. The summed E-state index contributed by atoms with van der Waals surface area (Å²) < 4.78 is 7.32. The molecule has 1 unspecified atom stereocenters. The second-order valence-corrected chi connectivity index (χ2v) is 9.82. The predicted octanol–water partition coefficient (Wildman–Crippen LogP) is 4.77. The van der Waals surface area contributed by atoms with Gasteiger partial charge in [0.25, 0.3) is 0 Å². The van der Waals surface area contributed by atoms with Crippen LogP contribution in [0.25, 0.3) is 5.69 Å². The van der Waals surface area contributed by atoms with Crippen LogP contribution in [0.1, 0.15) is 33.9 Å². The Hall–Kier alpha value is -2.97. The van der Waals surface area contributed by atoms with Crippen molar-refractivity contribution in [2.75, 3.05) is 11.4 Å². The van der Waals surface area contributed by atoms with Gasteiger partial charge in [-0.1, -0.05) is 49.2 Å². The zero-order valence-corrected chi connectivity index (χ0v) is 20.2. The second-order valence-electron chi connectivity index (χ2n) is 8.95. The van der Waals surface area contributed by atoms with E-state index in [0.29, 0.717) is 22.3 Å². The molecular formula is C23H24Cl2N4O4. The van der Waals surface area contributed by atoms with E-state index in [2.05, 4.69) is 0 Å². The molecule has 10 heteroatoms. The number of benzene rings is 2. The Morgan fingerprint density at radius 1 is 0.970 bits per heavy atom. The molecule has 1 aliphatic rings. The number of anilines is 1. The standard InChI is InChI=1S/C23H24Cl2N4O4/c1-14(2)13-26-20(30)27(17-9-5-7-15(24)11-17)19(23(26,3)4)29-21(31)28(22(32)33-29)18-10-6-8-16(25)12-18/h5-12,14,19H,13H2,1-4H3. The lowest BCUT2D eigenvalue weighted by Gasteiger charge is -2.34. The molecule has 2 aromatic carbocycles. The number of amides is 2. The second kappa shape index (κ2) is 8.43. The third-order valence-corrected chi connectivity index (χ3v) is 6.14. The number of rotatable bonds is 5. The van der Waals surface area contributed by atoms with Crippen molar-refractivity contribution in [2.45, 2.75) is 39.4 Å². The summed E-state index contributed by atoms with van der Waals surface area (Å²) >= 11 is 12.3. The Kier molecular flexibility index (Phi) is 5.92. The highest BCUT2D eigenvalue weighted by molar-refractivity contribution is 6.31. The van der Waals surface area contributed by atoms with Gasteiger partial charge in [-0.25, -0.2) is 14.4 Å². The van der Waals surface area contributed by atoms with Crippen molar-refractivity contribution < 1.29 is 9.32 Å². The van der Waals surface area contributed by atoms with Crippen LogP contribution in [0.15, 0.2) is 62.6 Å². The van der Waals surface area contributed by atoms with Crippen LogP contribution >= 0.6 is 23.2 Å². The molecule has 1 saturated heterocycles. The molecule has 3 aromatic rings. The topological polar surface area (TPSA) is 80.7 Å². The van der Waals surface area contributed by atoms with Gasteiger partial charge in [0.2, 0.25) is 0 Å². The lowest BCUT2D eigenvalue weighted by atomic mass is 9.99. The van der Waals surface area contributed by atoms with E-state index in [-0.39, 0.29) is 17.6 Å². The van der Waals surface area contributed by atoms with Crippen LogP contribution in [-0.2, 0) is 0 Å². The molecule has 1 aromatic heterocycles. The molecule has 0 bridgehead atoms.